The van der Waals surface area contributed by atoms with Gasteiger partial charge in [-0.05, 0) is 24.3 Å². The van der Waals surface area contributed by atoms with E-state index in [4.69, 9.17) is 4.74 Å². The van der Waals surface area contributed by atoms with Crippen molar-refractivity contribution in [1.82, 2.24) is 19.9 Å². The number of ether oxygens (including phenoxy) is 1. The van der Waals surface area contributed by atoms with Gasteiger partial charge in [0.25, 0.3) is 5.91 Å². The highest BCUT2D eigenvalue weighted by Gasteiger charge is 2.23. The highest BCUT2D eigenvalue weighted by atomic mass is 16.5. The van der Waals surface area contributed by atoms with Crippen LogP contribution in [0.2, 0.25) is 0 Å². The van der Waals surface area contributed by atoms with Crippen molar-refractivity contribution in [2.24, 2.45) is 0 Å². The van der Waals surface area contributed by atoms with Crippen molar-refractivity contribution in [2.45, 2.75) is 0 Å². The van der Waals surface area contributed by atoms with Crippen molar-refractivity contribution in [2.75, 3.05) is 38.2 Å². The third-order valence-electron chi connectivity index (χ3n) is 4.56. The molecule has 1 amide bonds. The van der Waals surface area contributed by atoms with E-state index in [2.05, 4.69) is 19.9 Å². The smallest absolute Gasteiger partial charge is 0.272 e. The second-order valence-corrected chi connectivity index (χ2v) is 6.10. The number of benzene rings is 1. The van der Waals surface area contributed by atoms with Gasteiger partial charge in [0.15, 0.2) is 0 Å². The van der Waals surface area contributed by atoms with Gasteiger partial charge in [-0.25, -0.2) is 9.97 Å². The molecule has 1 fully saturated rings. The van der Waals surface area contributed by atoms with Crippen LogP contribution >= 0.6 is 0 Å². The molecule has 0 bridgehead atoms. The van der Waals surface area contributed by atoms with Crippen molar-refractivity contribution in [1.29, 1.82) is 0 Å². The molecule has 0 spiro atoms. The van der Waals surface area contributed by atoms with Crippen LogP contribution in [0.4, 0.5) is 5.82 Å². The van der Waals surface area contributed by atoms with Gasteiger partial charge in [-0.1, -0.05) is 6.07 Å². The van der Waals surface area contributed by atoms with E-state index in [1.165, 1.54) is 0 Å². The van der Waals surface area contributed by atoms with Crippen LogP contribution in [0.25, 0.3) is 10.9 Å². The Kier molecular flexibility index (Phi) is 4.35. The Bertz CT molecular complexity index is 924. The Morgan fingerprint density at radius 2 is 1.92 bits per heavy atom. The minimum Gasteiger partial charge on any atom is -0.497 e. The number of amides is 1. The highest BCUT2D eigenvalue weighted by molar-refractivity contribution is 5.95. The number of hydrogen-bond donors (Lipinski definition) is 0. The fourth-order valence-corrected chi connectivity index (χ4v) is 3.10. The summed E-state index contributed by atoms with van der Waals surface area (Å²) in [6, 6.07) is 9.32. The number of piperazine rings is 1. The summed E-state index contributed by atoms with van der Waals surface area (Å²) in [5.74, 6) is 1.58. The summed E-state index contributed by atoms with van der Waals surface area (Å²) >= 11 is 0. The minimum absolute atomic E-state index is 0.0403. The zero-order valence-corrected chi connectivity index (χ0v) is 14.5. The zero-order valence-electron chi connectivity index (χ0n) is 14.5. The maximum absolute atomic E-state index is 12.8. The van der Waals surface area contributed by atoms with Gasteiger partial charge in [-0.3, -0.25) is 9.78 Å². The minimum atomic E-state index is -0.0403. The number of pyridine rings is 1. The number of fused-ring (bicyclic) bond motifs is 1. The molecule has 1 aliphatic rings. The standard InChI is InChI=1S/C19H19N5O2/c1-26-15-3-5-16-14(12-15)2-4-17(22-16)19(25)24-10-8-23(9-11-24)18-13-20-6-7-21-18/h2-7,12-13H,8-11H2,1H3. The highest BCUT2D eigenvalue weighted by Crippen LogP contribution is 2.20. The lowest BCUT2D eigenvalue weighted by Gasteiger charge is -2.35. The molecular weight excluding hydrogens is 330 g/mol. The fraction of sp³-hybridized carbons (Fsp3) is 0.263. The lowest BCUT2D eigenvalue weighted by atomic mass is 10.2. The monoisotopic (exact) mass is 349 g/mol. The summed E-state index contributed by atoms with van der Waals surface area (Å²) in [6.07, 6.45) is 5.09. The molecule has 2 aromatic heterocycles. The van der Waals surface area contributed by atoms with Gasteiger partial charge in [0, 0.05) is 44.0 Å². The Morgan fingerprint density at radius 3 is 2.65 bits per heavy atom. The molecule has 26 heavy (non-hydrogen) atoms. The number of anilines is 1. The number of carbonyl (C=O) groups is 1. The van der Waals surface area contributed by atoms with Crippen LogP contribution in [-0.4, -0.2) is 59.0 Å². The van der Waals surface area contributed by atoms with Gasteiger partial charge in [-0.2, -0.15) is 0 Å². The molecule has 0 aliphatic carbocycles. The first kappa shape index (κ1) is 16.3. The number of methoxy groups -OCH3 is 1. The fourth-order valence-electron chi connectivity index (χ4n) is 3.10. The molecule has 3 heterocycles. The van der Waals surface area contributed by atoms with Gasteiger partial charge in [-0.15, -0.1) is 0 Å². The van der Waals surface area contributed by atoms with Gasteiger partial charge in [0.2, 0.25) is 0 Å². The quantitative estimate of drug-likeness (QED) is 0.720. The van der Waals surface area contributed by atoms with E-state index in [9.17, 15) is 4.79 Å². The largest absolute Gasteiger partial charge is 0.497 e. The molecule has 0 saturated carbocycles. The van der Waals surface area contributed by atoms with Crippen molar-refractivity contribution >= 4 is 22.6 Å². The van der Waals surface area contributed by atoms with E-state index >= 15 is 0 Å². The number of rotatable bonds is 3. The average molecular weight is 349 g/mol. The van der Waals surface area contributed by atoms with Crippen LogP contribution in [0.5, 0.6) is 5.75 Å². The molecule has 0 N–H and O–H groups in total. The zero-order chi connectivity index (χ0) is 17.9. The van der Waals surface area contributed by atoms with E-state index in [1.807, 2.05) is 29.2 Å². The third-order valence-corrected chi connectivity index (χ3v) is 4.56. The summed E-state index contributed by atoms with van der Waals surface area (Å²) < 4.78 is 5.22. The second-order valence-electron chi connectivity index (χ2n) is 6.10. The number of carbonyl (C=O) groups excluding carboxylic acids is 1. The maximum Gasteiger partial charge on any atom is 0.272 e. The van der Waals surface area contributed by atoms with Crippen LogP contribution in [0.15, 0.2) is 48.9 Å². The molecular formula is C19H19N5O2. The van der Waals surface area contributed by atoms with Crippen molar-refractivity contribution in [3.63, 3.8) is 0 Å². The SMILES string of the molecule is COc1ccc2nc(C(=O)N3CCN(c4cnccn4)CC3)ccc2c1. The predicted molar refractivity (Wildman–Crippen MR) is 98.4 cm³/mol. The molecule has 0 radical (unpaired) electrons. The van der Waals surface area contributed by atoms with Crippen molar-refractivity contribution in [3.8, 4) is 5.75 Å². The normalized spacial score (nSPS) is 14.5. The van der Waals surface area contributed by atoms with Crippen LogP contribution in [0.1, 0.15) is 10.5 Å². The molecule has 1 saturated heterocycles. The van der Waals surface area contributed by atoms with Gasteiger partial charge in [0.1, 0.15) is 17.3 Å². The summed E-state index contributed by atoms with van der Waals surface area (Å²) in [5, 5.41) is 0.952. The Hall–Kier alpha value is -3.22. The number of hydrogen-bond acceptors (Lipinski definition) is 6. The maximum atomic E-state index is 12.8. The lowest BCUT2D eigenvalue weighted by molar-refractivity contribution is 0.0741. The molecule has 1 aliphatic heterocycles. The van der Waals surface area contributed by atoms with Crippen LogP contribution in [0.3, 0.4) is 0 Å². The topological polar surface area (TPSA) is 71.5 Å². The molecule has 1 aromatic carbocycles. The molecule has 4 rings (SSSR count). The molecule has 0 atom stereocenters. The van der Waals surface area contributed by atoms with Gasteiger partial charge < -0.3 is 14.5 Å². The third kappa shape index (κ3) is 3.15. The van der Waals surface area contributed by atoms with E-state index in [0.29, 0.717) is 18.8 Å². The first-order chi connectivity index (χ1) is 12.7. The summed E-state index contributed by atoms with van der Waals surface area (Å²) in [6.45, 7) is 2.74. The molecule has 0 unspecified atom stereocenters. The molecule has 7 nitrogen and oxygen atoms in total. The van der Waals surface area contributed by atoms with Gasteiger partial charge >= 0.3 is 0 Å². The Labute approximate surface area is 151 Å². The predicted octanol–water partition coefficient (Wildman–Crippen LogP) is 2.00. The summed E-state index contributed by atoms with van der Waals surface area (Å²) in [4.78, 5) is 29.7. The van der Waals surface area contributed by atoms with Crippen LogP contribution < -0.4 is 9.64 Å². The molecule has 7 heteroatoms. The van der Waals surface area contributed by atoms with Gasteiger partial charge in [0.05, 0.1) is 18.8 Å². The average Bonchev–Trinajstić information content (AvgIpc) is 2.73. The van der Waals surface area contributed by atoms with Crippen molar-refractivity contribution in [3.05, 3.63) is 54.6 Å². The molecule has 3 aromatic rings. The van der Waals surface area contributed by atoms with E-state index in [0.717, 1.165) is 35.6 Å². The Balaban J connectivity index is 1.47. The first-order valence-corrected chi connectivity index (χ1v) is 8.49. The lowest BCUT2D eigenvalue weighted by Crippen LogP contribution is -2.49. The summed E-state index contributed by atoms with van der Waals surface area (Å²) in [7, 11) is 1.63. The second kappa shape index (κ2) is 6.95. The van der Waals surface area contributed by atoms with Crippen LogP contribution in [-0.2, 0) is 0 Å². The summed E-state index contributed by atoms with van der Waals surface area (Å²) in [5.41, 5.74) is 1.26. The number of nitrogens with zero attached hydrogens (tertiary/aromatic N) is 5. The van der Waals surface area contributed by atoms with Crippen molar-refractivity contribution < 1.29 is 9.53 Å². The van der Waals surface area contributed by atoms with E-state index in [-0.39, 0.29) is 5.91 Å². The van der Waals surface area contributed by atoms with E-state index in [1.54, 1.807) is 31.8 Å². The number of aromatic nitrogens is 3. The van der Waals surface area contributed by atoms with E-state index < -0.39 is 0 Å². The first-order valence-electron chi connectivity index (χ1n) is 8.49. The molecule has 132 valence electrons. The van der Waals surface area contributed by atoms with Crippen LogP contribution in [0, 0.1) is 0 Å². The Morgan fingerprint density at radius 1 is 1.08 bits per heavy atom.